The van der Waals surface area contributed by atoms with Crippen LogP contribution >= 0.6 is 0 Å². The zero-order valence-electron chi connectivity index (χ0n) is 12.0. The predicted molar refractivity (Wildman–Crippen MR) is 70.6 cm³/mol. The molecule has 116 valence electrons. The van der Waals surface area contributed by atoms with E-state index in [1.807, 2.05) is 0 Å². The molecule has 0 fully saturated rings. The van der Waals surface area contributed by atoms with E-state index in [4.69, 9.17) is 9.84 Å². The number of halogens is 2. The number of carboxylic acids is 1. The van der Waals surface area contributed by atoms with E-state index in [0.717, 1.165) is 17.0 Å². The average molecular weight is 301 g/mol. The molecule has 1 aromatic rings. The minimum atomic E-state index is -1.25. The molecule has 0 aliphatic heterocycles. The summed E-state index contributed by atoms with van der Waals surface area (Å²) in [6, 6.07) is 2.75. The molecule has 0 unspecified atom stereocenters. The number of hydrogen-bond acceptors (Lipinski definition) is 3. The molecule has 0 heterocycles. The summed E-state index contributed by atoms with van der Waals surface area (Å²) in [4.78, 5) is 23.6. The number of hydrogen-bond donors (Lipinski definition) is 1. The van der Waals surface area contributed by atoms with Gasteiger partial charge in [-0.05, 0) is 38.5 Å². The molecular weight excluding hydrogens is 284 g/mol. The average Bonchev–Trinajstić information content (AvgIpc) is 2.23. The molecule has 0 aromatic heterocycles. The summed E-state index contributed by atoms with van der Waals surface area (Å²) in [5, 5.41) is 8.82. The Hall–Kier alpha value is -2.18. The lowest BCUT2D eigenvalue weighted by molar-refractivity contribution is -0.138. The van der Waals surface area contributed by atoms with Crippen LogP contribution in [0, 0.1) is 11.6 Å². The highest BCUT2D eigenvalue weighted by atomic mass is 19.1. The molecule has 1 N–H and O–H groups in total. The number of amides is 1. The van der Waals surface area contributed by atoms with Crippen molar-refractivity contribution in [1.82, 2.24) is 4.90 Å². The minimum absolute atomic E-state index is 0.139. The van der Waals surface area contributed by atoms with E-state index >= 15 is 0 Å². The molecule has 1 rings (SSSR count). The number of carboxylic acid groups (broad SMARTS) is 1. The Morgan fingerprint density at radius 1 is 1.19 bits per heavy atom. The van der Waals surface area contributed by atoms with Gasteiger partial charge < -0.3 is 9.84 Å². The van der Waals surface area contributed by atoms with Crippen LogP contribution in [-0.4, -0.2) is 34.2 Å². The molecule has 1 aromatic carbocycles. The number of nitrogens with zero attached hydrogens (tertiary/aromatic N) is 1. The Labute approximate surface area is 121 Å². The number of rotatable bonds is 4. The Bertz CT molecular complexity index is 520. The van der Waals surface area contributed by atoms with Crippen molar-refractivity contribution in [3.05, 3.63) is 35.4 Å². The number of benzene rings is 1. The van der Waals surface area contributed by atoms with Crippen LogP contribution in [0.3, 0.4) is 0 Å². The first-order valence-corrected chi connectivity index (χ1v) is 6.21. The zero-order chi connectivity index (χ0) is 16.2. The summed E-state index contributed by atoms with van der Waals surface area (Å²) in [7, 11) is 0. The van der Waals surface area contributed by atoms with E-state index in [2.05, 4.69) is 0 Å². The van der Waals surface area contributed by atoms with Gasteiger partial charge in [-0.25, -0.2) is 13.6 Å². The van der Waals surface area contributed by atoms with Crippen molar-refractivity contribution in [2.75, 3.05) is 6.54 Å². The molecule has 7 heteroatoms. The minimum Gasteiger partial charge on any atom is -0.480 e. The standard InChI is InChI=1S/C14H17F2NO4/c1-14(2,3)21-13(20)17(8-12(18)19)7-9-4-10(15)6-11(16)5-9/h4-6H,7-8H2,1-3H3,(H,18,19). The fraction of sp³-hybridized carbons (Fsp3) is 0.429. The first kappa shape index (κ1) is 16.9. The topological polar surface area (TPSA) is 66.8 Å². The number of carbonyl (C=O) groups excluding carboxylic acids is 1. The summed E-state index contributed by atoms with van der Waals surface area (Å²) in [6.45, 7) is 3.99. The van der Waals surface area contributed by atoms with Crippen molar-refractivity contribution in [2.45, 2.75) is 32.9 Å². The van der Waals surface area contributed by atoms with Crippen LogP contribution in [0.25, 0.3) is 0 Å². The third kappa shape index (κ3) is 6.20. The molecule has 0 spiro atoms. The van der Waals surface area contributed by atoms with E-state index in [1.54, 1.807) is 20.8 Å². The van der Waals surface area contributed by atoms with Crippen molar-refractivity contribution in [2.24, 2.45) is 0 Å². The Balaban J connectivity index is 2.92. The fourth-order valence-electron chi connectivity index (χ4n) is 1.60. The van der Waals surface area contributed by atoms with Crippen molar-refractivity contribution in [3.63, 3.8) is 0 Å². The maximum Gasteiger partial charge on any atom is 0.411 e. The van der Waals surface area contributed by atoms with Crippen LogP contribution in [0.1, 0.15) is 26.3 Å². The van der Waals surface area contributed by atoms with Gasteiger partial charge in [-0.1, -0.05) is 0 Å². The maximum absolute atomic E-state index is 13.1. The van der Waals surface area contributed by atoms with E-state index in [9.17, 15) is 18.4 Å². The van der Waals surface area contributed by atoms with Crippen LogP contribution in [0.4, 0.5) is 13.6 Å². The first-order valence-electron chi connectivity index (χ1n) is 6.21. The van der Waals surface area contributed by atoms with E-state index in [1.165, 1.54) is 0 Å². The van der Waals surface area contributed by atoms with Gasteiger partial charge in [0.05, 0.1) is 0 Å². The lowest BCUT2D eigenvalue weighted by Crippen LogP contribution is -2.39. The molecule has 0 radical (unpaired) electrons. The Morgan fingerprint density at radius 3 is 2.14 bits per heavy atom. The summed E-state index contributed by atoms with van der Waals surface area (Å²) in [6.07, 6.45) is -0.866. The van der Waals surface area contributed by atoms with E-state index in [-0.39, 0.29) is 12.1 Å². The van der Waals surface area contributed by atoms with Gasteiger partial charge in [0.2, 0.25) is 0 Å². The van der Waals surface area contributed by atoms with Gasteiger partial charge >= 0.3 is 12.1 Å². The molecule has 0 saturated heterocycles. The highest BCUT2D eigenvalue weighted by molar-refractivity contribution is 5.76. The molecule has 0 saturated carbocycles. The highest BCUT2D eigenvalue weighted by Crippen LogP contribution is 2.14. The van der Waals surface area contributed by atoms with E-state index < -0.39 is 35.8 Å². The SMILES string of the molecule is CC(C)(C)OC(=O)N(CC(=O)O)Cc1cc(F)cc(F)c1. The van der Waals surface area contributed by atoms with Gasteiger partial charge in [-0.3, -0.25) is 9.69 Å². The summed E-state index contributed by atoms with van der Waals surface area (Å²) in [5.74, 6) is -2.85. The Kier molecular flexibility index (Phi) is 5.23. The second-order valence-corrected chi connectivity index (χ2v) is 5.51. The molecule has 1 amide bonds. The normalized spacial score (nSPS) is 11.1. The highest BCUT2D eigenvalue weighted by Gasteiger charge is 2.24. The third-order valence-corrected chi connectivity index (χ3v) is 2.27. The molecule has 0 aliphatic rings. The summed E-state index contributed by atoms with van der Waals surface area (Å²) >= 11 is 0. The van der Waals surface area contributed by atoms with E-state index in [0.29, 0.717) is 6.07 Å². The second kappa shape index (κ2) is 6.51. The largest absolute Gasteiger partial charge is 0.480 e. The van der Waals surface area contributed by atoms with Crippen LogP contribution < -0.4 is 0 Å². The second-order valence-electron chi connectivity index (χ2n) is 5.51. The maximum atomic E-state index is 13.1. The van der Waals surface area contributed by atoms with Crippen molar-refractivity contribution < 1.29 is 28.2 Å². The molecular formula is C14H17F2NO4. The molecule has 0 atom stereocenters. The third-order valence-electron chi connectivity index (χ3n) is 2.27. The molecule has 0 aliphatic carbocycles. The fourth-order valence-corrected chi connectivity index (χ4v) is 1.60. The van der Waals surface area contributed by atoms with Gasteiger partial charge in [-0.15, -0.1) is 0 Å². The van der Waals surface area contributed by atoms with Crippen molar-refractivity contribution in [1.29, 1.82) is 0 Å². The molecule has 21 heavy (non-hydrogen) atoms. The molecule has 5 nitrogen and oxygen atoms in total. The monoisotopic (exact) mass is 301 g/mol. The number of aliphatic carboxylic acids is 1. The zero-order valence-corrected chi connectivity index (χ0v) is 12.0. The smallest absolute Gasteiger partial charge is 0.411 e. The van der Waals surface area contributed by atoms with Crippen molar-refractivity contribution in [3.8, 4) is 0 Å². The van der Waals surface area contributed by atoms with Crippen LogP contribution in [-0.2, 0) is 16.1 Å². The summed E-state index contributed by atoms with van der Waals surface area (Å²) < 4.78 is 31.3. The molecule has 0 bridgehead atoms. The lowest BCUT2D eigenvalue weighted by atomic mass is 10.2. The van der Waals surface area contributed by atoms with Crippen molar-refractivity contribution >= 4 is 12.1 Å². The van der Waals surface area contributed by atoms with Crippen LogP contribution in [0.5, 0.6) is 0 Å². The summed E-state index contributed by atoms with van der Waals surface area (Å²) in [5.41, 5.74) is -0.666. The van der Waals surface area contributed by atoms with Gasteiger partial charge in [0.25, 0.3) is 0 Å². The van der Waals surface area contributed by atoms with Crippen LogP contribution in [0.2, 0.25) is 0 Å². The van der Waals surface area contributed by atoms with Gasteiger partial charge in [0.1, 0.15) is 23.8 Å². The van der Waals surface area contributed by atoms with Gasteiger partial charge in [0, 0.05) is 12.6 Å². The number of carbonyl (C=O) groups is 2. The number of ether oxygens (including phenoxy) is 1. The lowest BCUT2D eigenvalue weighted by Gasteiger charge is -2.26. The Morgan fingerprint density at radius 2 is 1.71 bits per heavy atom. The first-order chi connectivity index (χ1) is 9.56. The van der Waals surface area contributed by atoms with Gasteiger partial charge in [0.15, 0.2) is 0 Å². The van der Waals surface area contributed by atoms with Gasteiger partial charge in [-0.2, -0.15) is 0 Å². The van der Waals surface area contributed by atoms with Crippen LogP contribution in [0.15, 0.2) is 18.2 Å². The predicted octanol–water partition coefficient (Wildman–Crippen LogP) is 2.79. The quantitative estimate of drug-likeness (QED) is 0.928.